The van der Waals surface area contributed by atoms with Gasteiger partial charge in [-0.05, 0) is 38.8 Å². The van der Waals surface area contributed by atoms with E-state index >= 15 is 0 Å². The average molecular weight is 261 g/mol. The minimum absolute atomic E-state index is 0.0341. The second-order valence-corrected chi connectivity index (χ2v) is 5.38. The zero-order valence-electron chi connectivity index (χ0n) is 11.9. The molecule has 1 aliphatic heterocycles. The molecule has 2 rings (SSSR count). The van der Waals surface area contributed by atoms with Gasteiger partial charge >= 0.3 is 0 Å². The summed E-state index contributed by atoms with van der Waals surface area (Å²) in [5, 5.41) is 2.95. The van der Waals surface area contributed by atoms with E-state index in [1.54, 1.807) is 0 Å². The monoisotopic (exact) mass is 261 g/mol. The third kappa shape index (κ3) is 2.73. The number of amides is 1. The van der Waals surface area contributed by atoms with Gasteiger partial charge in [0.1, 0.15) is 6.04 Å². The van der Waals surface area contributed by atoms with E-state index in [-0.39, 0.29) is 11.9 Å². The van der Waals surface area contributed by atoms with E-state index in [1.165, 1.54) is 11.1 Å². The van der Waals surface area contributed by atoms with Gasteiger partial charge in [-0.1, -0.05) is 17.7 Å². The number of aryl methyl sites for hydroxylation is 2. The average Bonchev–Trinajstić information content (AvgIpc) is 2.49. The highest BCUT2D eigenvalue weighted by atomic mass is 16.2. The van der Waals surface area contributed by atoms with Crippen LogP contribution in [0.2, 0.25) is 0 Å². The van der Waals surface area contributed by atoms with Crippen molar-refractivity contribution in [3.05, 3.63) is 29.3 Å². The molecule has 0 radical (unpaired) electrons. The fourth-order valence-corrected chi connectivity index (χ4v) is 2.82. The van der Waals surface area contributed by atoms with Crippen molar-refractivity contribution in [2.75, 3.05) is 18.0 Å². The predicted molar refractivity (Wildman–Crippen MR) is 78.3 cm³/mol. The summed E-state index contributed by atoms with van der Waals surface area (Å²) in [4.78, 5) is 14.3. The molecule has 1 aromatic carbocycles. The molecule has 4 nitrogen and oxygen atoms in total. The number of hydrogen-bond acceptors (Lipinski definition) is 3. The van der Waals surface area contributed by atoms with Crippen LogP contribution in [-0.2, 0) is 4.79 Å². The molecule has 1 aromatic rings. The molecular formula is C15H23N3O. The van der Waals surface area contributed by atoms with Gasteiger partial charge in [0.2, 0.25) is 5.91 Å². The molecule has 0 bridgehead atoms. The molecule has 104 valence electrons. The zero-order valence-corrected chi connectivity index (χ0v) is 11.9. The molecule has 4 heteroatoms. The molecule has 1 aliphatic rings. The summed E-state index contributed by atoms with van der Waals surface area (Å²) in [5.41, 5.74) is 9.38. The number of benzene rings is 1. The number of carbonyl (C=O) groups is 1. The zero-order chi connectivity index (χ0) is 14.0. The first kappa shape index (κ1) is 13.9. The van der Waals surface area contributed by atoms with E-state index in [9.17, 15) is 4.79 Å². The lowest BCUT2D eigenvalue weighted by molar-refractivity contribution is -0.121. The number of anilines is 1. The molecule has 1 fully saturated rings. The Bertz CT molecular complexity index is 472. The predicted octanol–water partition coefficient (Wildman–Crippen LogP) is 1.35. The highest BCUT2D eigenvalue weighted by Gasteiger charge is 2.31. The lowest BCUT2D eigenvalue weighted by Gasteiger charge is -2.35. The van der Waals surface area contributed by atoms with Crippen molar-refractivity contribution in [3.8, 4) is 0 Å². The Hall–Kier alpha value is -1.55. The molecule has 0 aromatic heterocycles. The smallest absolute Gasteiger partial charge is 0.244 e. The highest BCUT2D eigenvalue weighted by Crippen LogP contribution is 2.27. The van der Waals surface area contributed by atoms with Gasteiger partial charge in [0.05, 0.1) is 0 Å². The fraction of sp³-hybridized carbons (Fsp3) is 0.533. The molecule has 1 heterocycles. The van der Waals surface area contributed by atoms with Crippen LogP contribution in [0.4, 0.5) is 5.69 Å². The van der Waals surface area contributed by atoms with Gasteiger partial charge in [0.25, 0.3) is 0 Å². The van der Waals surface area contributed by atoms with Crippen LogP contribution in [-0.4, -0.2) is 31.1 Å². The second-order valence-electron chi connectivity index (χ2n) is 5.38. The maximum absolute atomic E-state index is 12.1. The largest absolute Gasteiger partial charge is 0.355 e. The molecule has 0 saturated carbocycles. The highest BCUT2D eigenvalue weighted by molar-refractivity contribution is 5.86. The summed E-state index contributed by atoms with van der Waals surface area (Å²) in [6, 6.07) is 6.36. The quantitative estimate of drug-likeness (QED) is 0.845. The van der Waals surface area contributed by atoms with E-state index in [0.717, 1.165) is 18.7 Å². The topological polar surface area (TPSA) is 58.4 Å². The van der Waals surface area contributed by atoms with Crippen molar-refractivity contribution in [1.29, 1.82) is 0 Å². The number of nitrogens with zero attached hydrogens (tertiary/aromatic N) is 1. The van der Waals surface area contributed by atoms with Crippen molar-refractivity contribution >= 4 is 11.6 Å². The first-order valence-electron chi connectivity index (χ1n) is 6.88. The van der Waals surface area contributed by atoms with E-state index in [0.29, 0.717) is 12.6 Å². The summed E-state index contributed by atoms with van der Waals surface area (Å²) < 4.78 is 0. The van der Waals surface area contributed by atoms with Gasteiger partial charge < -0.3 is 16.0 Å². The SMILES string of the molecule is Cc1ccc(N2C(C)CCNC(=O)C2CN)c(C)c1. The van der Waals surface area contributed by atoms with Crippen LogP contribution in [0, 0.1) is 13.8 Å². The van der Waals surface area contributed by atoms with Crippen LogP contribution < -0.4 is 16.0 Å². The fourth-order valence-electron chi connectivity index (χ4n) is 2.82. The van der Waals surface area contributed by atoms with Gasteiger partial charge in [-0.3, -0.25) is 4.79 Å². The van der Waals surface area contributed by atoms with Gasteiger partial charge in [-0.15, -0.1) is 0 Å². The lowest BCUT2D eigenvalue weighted by atomic mass is 10.0. The van der Waals surface area contributed by atoms with Crippen LogP contribution in [0.1, 0.15) is 24.5 Å². The third-order valence-corrected chi connectivity index (χ3v) is 3.83. The first-order valence-corrected chi connectivity index (χ1v) is 6.88. The Morgan fingerprint density at radius 1 is 1.42 bits per heavy atom. The number of nitrogens with one attached hydrogen (secondary N) is 1. The van der Waals surface area contributed by atoms with E-state index in [4.69, 9.17) is 5.73 Å². The Balaban J connectivity index is 2.44. The third-order valence-electron chi connectivity index (χ3n) is 3.83. The summed E-state index contributed by atoms with van der Waals surface area (Å²) in [6.07, 6.45) is 0.940. The normalized spacial score (nSPS) is 24.0. The Labute approximate surface area is 115 Å². The maximum atomic E-state index is 12.1. The summed E-state index contributed by atoms with van der Waals surface area (Å²) >= 11 is 0. The van der Waals surface area contributed by atoms with E-state index in [1.807, 2.05) is 0 Å². The van der Waals surface area contributed by atoms with Crippen molar-refractivity contribution in [2.45, 2.75) is 39.3 Å². The number of hydrogen-bond donors (Lipinski definition) is 2. The Morgan fingerprint density at radius 2 is 2.16 bits per heavy atom. The van der Waals surface area contributed by atoms with Crippen LogP contribution >= 0.6 is 0 Å². The number of nitrogens with two attached hydrogens (primary N) is 1. The van der Waals surface area contributed by atoms with Crippen LogP contribution in [0.25, 0.3) is 0 Å². The van der Waals surface area contributed by atoms with E-state index < -0.39 is 0 Å². The maximum Gasteiger partial charge on any atom is 0.244 e. The summed E-state index contributed by atoms with van der Waals surface area (Å²) in [6.45, 7) is 7.38. The molecule has 19 heavy (non-hydrogen) atoms. The van der Waals surface area contributed by atoms with Crippen molar-refractivity contribution < 1.29 is 4.79 Å². The summed E-state index contributed by atoms with van der Waals surface area (Å²) in [7, 11) is 0. The Kier molecular flexibility index (Phi) is 4.10. The van der Waals surface area contributed by atoms with Crippen LogP contribution in [0.3, 0.4) is 0 Å². The summed E-state index contributed by atoms with van der Waals surface area (Å²) in [5.74, 6) is 0.0341. The molecule has 1 saturated heterocycles. The van der Waals surface area contributed by atoms with Gasteiger partial charge in [-0.2, -0.15) is 0 Å². The van der Waals surface area contributed by atoms with Crippen molar-refractivity contribution in [3.63, 3.8) is 0 Å². The lowest BCUT2D eigenvalue weighted by Crippen LogP contribution is -2.51. The second kappa shape index (κ2) is 5.61. The van der Waals surface area contributed by atoms with Gasteiger partial charge in [-0.25, -0.2) is 0 Å². The number of carbonyl (C=O) groups excluding carboxylic acids is 1. The molecular weight excluding hydrogens is 238 g/mol. The molecule has 2 unspecified atom stereocenters. The van der Waals surface area contributed by atoms with Crippen molar-refractivity contribution in [1.82, 2.24) is 5.32 Å². The molecule has 1 amide bonds. The van der Waals surface area contributed by atoms with Crippen molar-refractivity contribution in [2.24, 2.45) is 5.73 Å². The molecule has 0 spiro atoms. The minimum atomic E-state index is -0.279. The molecule has 0 aliphatic carbocycles. The standard InChI is InChI=1S/C15H23N3O/c1-10-4-5-13(11(2)8-10)18-12(3)6-7-17-15(19)14(18)9-16/h4-5,8,12,14H,6-7,9,16H2,1-3H3,(H,17,19). The Morgan fingerprint density at radius 3 is 2.79 bits per heavy atom. The molecule has 3 N–H and O–H groups in total. The number of rotatable bonds is 2. The first-order chi connectivity index (χ1) is 9.04. The van der Waals surface area contributed by atoms with Crippen LogP contribution in [0.15, 0.2) is 18.2 Å². The van der Waals surface area contributed by atoms with Gasteiger partial charge in [0, 0.05) is 24.8 Å². The molecule has 2 atom stereocenters. The van der Waals surface area contributed by atoms with Crippen LogP contribution in [0.5, 0.6) is 0 Å². The van der Waals surface area contributed by atoms with E-state index in [2.05, 4.69) is 49.2 Å². The minimum Gasteiger partial charge on any atom is -0.355 e. The van der Waals surface area contributed by atoms with Gasteiger partial charge in [0.15, 0.2) is 0 Å².